The van der Waals surface area contributed by atoms with Gasteiger partial charge in [0, 0.05) is 51.6 Å². The Kier molecular flexibility index (Phi) is 9.53. The Morgan fingerprint density at radius 2 is 1.71 bits per heavy atom. The van der Waals surface area contributed by atoms with E-state index in [1.54, 1.807) is 36.3 Å². The van der Waals surface area contributed by atoms with Crippen molar-refractivity contribution in [1.82, 2.24) is 20.0 Å². The molecular weight excluding hydrogens is 512 g/mol. The van der Waals surface area contributed by atoms with Crippen LogP contribution in [0.4, 0.5) is 17.6 Å². The maximum atomic E-state index is 14.5. The number of amides is 1. The molecule has 9 nitrogen and oxygen atoms in total. The summed E-state index contributed by atoms with van der Waals surface area (Å²) in [6.07, 6.45) is -4.71. The molecule has 1 aliphatic rings. The summed E-state index contributed by atoms with van der Waals surface area (Å²) in [4.78, 5) is 37.8. The number of carbonyl (C=O) groups is 2. The van der Waals surface area contributed by atoms with E-state index in [1.807, 2.05) is 12.1 Å². The summed E-state index contributed by atoms with van der Waals surface area (Å²) in [6, 6.07) is 11.8. The van der Waals surface area contributed by atoms with Crippen LogP contribution >= 0.6 is 0 Å². The zero-order chi connectivity index (χ0) is 27.9. The van der Waals surface area contributed by atoms with Gasteiger partial charge >= 0.3 is 12.1 Å². The number of piperazine rings is 1. The molecular formula is C25H26F4N4O5. The SMILES string of the molecule is COCCN1CCN(C(=O)c2cc(Cc3n[nH]c(=O)c4ccccc34)ccc2F)CC1.O=C(O)C(F)(F)F. The molecule has 1 fully saturated rings. The van der Waals surface area contributed by atoms with Crippen molar-refractivity contribution in [3.05, 3.63) is 75.5 Å². The second-order valence-corrected chi connectivity index (χ2v) is 8.47. The minimum absolute atomic E-state index is 0.0663. The third-order valence-corrected chi connectivity index (χ3v) is 5.92. The number of carbonyl (C=O) groups excluding carboxylic acids is 1. The van der Waals surface area contributed by atoms with Gasteiger partial charge in [-0.3, -0.25) is 14.5 Å². The molecule has 204 valence electrons. The molecule has 4 rings (SSSR count). The Bertz CT molecular complexity index is 1340. The average molecular weight is 538 g/mol. The van der Waals surface area contributed by atoms with E-state index in [1.165, 1.54) is 6.07 Å². The van der Waals surface area contributed by atoms with Gasteiger partial charge in [-0.2, -0.15) is 18.3 Å². The lowest BCUT2D eigenvalue weighted by Gasteiger charge is -2.34. The molecule has 13 heteroatoms. The monoisotopic (exact) mass is 538 g/mol. The average Bonchev–Trinajstić information content (AvgIpc) is 2.90. The van der Waals surface area contributed by atoms with Gasteiger partial charge < -0.3 is 14.7 Å². The van der Waals surface area contributed by atoms with Gasteiger partial charge in [0.1, 0.15) is 5.82 Å². The van der Waals surface area contributed by atoms with Crippen LogP contribution in [0.3, 0.4) is 0 Å². The molecule has 0 aliphatic carbocycles. The summed E-state index contributed by atoms with van der Waals surface area (Å²) in [5.74, 6) is -3.59. The van der Waals surface area contributed by atoms with Crippen LogP contribution in [0.2, 0.25) is 0 Å². The second kappa shape index (κ2) is 12.6. The summed E-state index contributed by atoms with van der Waals surface area (Å²) in [6.45, 7) is 4.06. The number of H-pyrrole nitrogens is 1. The van der Waals surface area contributed by atoms with Crippen molar-refractivity contribution >= 4 is 22.6 Å². The number of nitrogens with zero attached hydrogens (tertiary/aromatic N) is 3. The highest BCUT2D eigenvalue weighted by Gasteiger charge is 2.38. The van der Waals surface area contributed by atoms with Crippen LogP contribution in [0.25, 0.3) is 10.8 Å². The molecule has 2 N–H and O–H groups in total. The summed E-state index contributed by atoms with van der Waals surface area (Å²) >= 11 is 0. The number of ether oxygens (including phenoxy) is 1. The van der Waals surface area contributed by atoms with Gasteiger partial charge in [-0.25, -0.2) is 14.3 Å². The molecule has 0 bridgehead atoms. The Labute approximate surface area is 214 Å². The molecule has 1 saturated heterocycles. The van der Waals surface area contributed by atoms with E-state index in [4.69, 9.17) is 14.6 Å². The molecule has 0 spiro atoms. The lowest BCUT2D eigenvalue weighted by Crippen LogP contribution is -2.49. The minimum Gasteiger partial charge on any atom is -0.475 e. The van der Waals surface area contributed by atoms with Crippen molar-refractivity contribution < 1.29 is 37.0 Å². The van der Waals surface area contributed by atoms with Gasteiger partial charge in [-0.1, -0.05) is 24.3 Å². The minimum atomic E-state index is -5.08. The molecule has 1 aromatic heterocycles. The number of fused-ring (bicyclic) bond motifs is 1. The first-order valence-electron chi connectivity index (χ1n) is 11.6. The Balaban J connectivity index is 0.000000505. The van der Waals surface area contributed by atoms with E-state index in [9.17, 15) is 27.2 Å². The number of alkyl halides is 3. The number of nitrogens with one attached hydrogen (secondary N) is 1. The largest absolute Gasteiger partial charge is 0.490 e. The predicted molar refractivity (Wildman–Crippen MR) is 129 cm³/mol. The zero-order valence-electron chi connectivity index (χ0n) is 20.4. The van der Waals surface area contributed by atoms with Crippen molar-refractivity contribution in [2.45, 2.75) is 12.6 Å². The maximum absolute atomic E-state index is 14.5. The number of aromatic amines is 1. The zero-order valence-corrected chi connectivity index (χ0v) is 20.4. The van der Waals surface area contributed by atoms with Gasteiger partial charge in [0.25, 0.3) is 11.5 Å². The van der Waals surface area contributed by atoms with E-state index < -0.39 is 18.0 Å². The van der Waals surface area contributed by atoms with Gasteiger partial charge in [-0.15, -0.1) is 0 Å². The summed E-state index contributed by atoms with van der Waals surface area (Å²) in [5, 5.41) is 15.1. The first kappa shape index (κ1) is 28.7. The fourth-order valence-corrected chi connectivity index (χ4v) is 3.91. The summed E-state index contributed by atoms with van der Waals surface area (Å²) < 4.78 is 51.4. The number of carboxylic acids is 1. The van der Waals surface area contributed by atoms with Crippen molar-refractivity contribution in [3.8, 4) is 0 Å². The van der Waals surface area contributed by atoms with Gasteiger partial charge in [0.15, 0.2) is 0 Å². The molecule has 2 heterocycles. The number of hydrogen-bond acceptors (Lipinski definition) is 6. The molecule has 0 atom stereocenters. The molecule has 1 aliphatic heterocycles. The number of aromatic nitrogens is 2. The molecule has 1 amide bonds. The number of rotatable bonds is 6. The Hall–Kier alpha value is -3.84. The molecule has 0 unspecified atom stereocenters. The molecule has 2 aromatic carbocycles. The predicted octanol–water partition coefficient (Wildman–Crippen LogP) is 2.69. The number of hydrogen-bond donors (Lipinski definition) is 2. The van der Waals surface area contributed by atoms with Gasteiger partial charge in [0.2, 0.25) is 0 Å². The lowest BCUT2D eigenvalue weighted by atomic mass is 10.0. The van der Waals surface area contributed by atoms with Crippen LogP contribution in [0, 0.1) is 5.82 Å². The van der Waals surface area contributed by atoms with Crippen LogP contribution in [0.15, 0.2) is 47.3 Å². The fraction of sp³-hybridized carbons (Fsp3) is 0.360. The highest BCUT2D eigenvalue weighted by molar-refractivity contribution is 5.95. The van der Waals surface area contributed by atoms with Crippen molar-refractivity contribution in [2.24, 2.45) is 0 Å². The van der Waals surface area contributed by atoms with Crippen LogP contribution in [0.1, 0.15) is 21.6 Å². The van der Waals surface area contributed by atoms with Crippen molar-refractivity contribution in [3.63, 3.8) is 0 Å². The third-order valence-electron chi connectivity index (χ3n) is 5.92. The summed E-state index contributed by atoms with van der Waals surface area (Å²) in [5.41, 5.74) is 1.25. The Morgan fingerprint density at radius 3 is 2.32 bits per heavy atom. The number of aliphatic carboxylic acids is 1. The smallest absolute Gasteiger partial charge is 0.475 e. The first-order valence-corrected chi connectivity index (χ1v) is 11.6. The number of methoxy groups -OCH3 is 1. The number of halogens is 4. The fourth-order valence-electron chi connectivity index (χ4n) is 3.91. The van der Waals surface area contributed by atoms with Gasteiger partial charge in [0.05, 0.1) is 23.3 Å². The maximum Gasteiger partial charge on any atom is 0.490 e. The van der Waals surface area contributed by atoms with E-state index >= 15 is 0 Å². The molecule has 38 heavy (non-hydrogen) atoms. The number of benzene rings is 2. The lowest BCUT2D eigenvalue weighted by molar-refractivity contribution is -0.192. The van der Waals surface area contributed by atoms with Crippen LogP contribution in [-0.4, -0.2) is 89.6 Å². The standard InChI is InChI=1S/C23H25FN4O3.C2HF3O2/c1-31-13-12-27-8-10-28(11-9-27)23(30)19-14-16(6-7-20(19)24)15-21-17-4-2-3-5-18(17)22(29)26-25-21;3-2(4,5)1(6)7/h2-7,14H,8-13,15H2,1H3,(H,26,29);(H,6,7). The normalized spacial score (nSPS) is 14.2. The highest BCUT2D eigenvalue weighted by Crippen LogP contribution is 2.20. The molecule has 0 radical (unpaired) electrons. The molecule has 0 saturated carbocycles. The van der Waals surface area contributed by atoms with E-state index in [-0.39, 0.29) is 17.0 Å². The molecule has 3 aromatic rings. The topological polar surface area (TPSA) is 116 Å². The first-order chi connectivity index (χ1) is 18.0. The van der Waals surface area contributed by atoms with E-state index in [0.29, 0.717) is 37.2 Å². The van der Waals surface area contributed by atoms with E-state index in [0.717, 1.165) is 30.6 Å². The third kappa shape index (κ3) is 7.35. The van der Waals surface area contributed by atoms with Crippen molar-refractivity contribution in [2.75, 3.05) is 46.4 Å². The van der Waals surface area contributed by atoms with Crippen LogP contribution in [0.5, 0.6) is 0 Å². The second-order valence-electron chi connectivity index (χ2n) is 8.47. The quantitative estimate of drug-likeness (QED) is 0.464. The number of carboxylic acid groups (broad SMARTS) is 1. The van der Waals surface area contributed by atoms with Crippen LogP contribution < -0.4 is 5.56 Å². The summed E-state index contributed by atoms with van der Waals surface area (Å²) in [7, 11) is 1.67. The van der Waals surface area contributed by atoms with Gasteiger partial charge in [-0.05, 0) is 23.8 Å². The Morgan fingerprint density at radius 1 is 1.08 bits per heavy atom. The van der Waals surface area contributed by atoms with E-state index in [2.05, 4.69) is 15.1 Å². The highest BCUT2D eigenvalue weighted by atomic mass is 19.4. The van der Waals surface area contributed by atoms with Crippen LogP contribution in [-0.2, 0) is 16.0 Å². The van der Waals surface area contributed by atoms with Crippen molar-refractivity contribution in [1.29, 1.82) is 0 Å².